The lowest BCUT2D eigenvalue weighted by molar-refractivity contribution is -0.116. The molecule has 2 amide bonds. The zero-order chi connectivity index (χ0) is 12.6. The topological polar surface area (TPSA) is 127 Å². The maximum atomic E-state index is 10.4. The Morgan fingerprint density at radius 1 is 0.938 bits per heavy atom. The fourth-order valence-corrected chi connectivity index (χ4v) is 2.35. The normalized spacial score (nSPS) is 14.4. The van der Waals surface area contributed by atoms with Crippen molar-refractivity contribution in [3.8, 4) is 0 Å². The molecule has 0 aliphatic carbocycles. The molecule has 0 aromatic carbocycles. The maximum Gasteiger partial charge on any atom is 0.227 e. The van der Waals surface area contributed by atoms with E-state index in [1.165, 1.54) is 0 Å². The number of carbonyl (C=O) groups is 2. The van der Waals surface area contributed by atoms with E-state index in [-0.39, 0.29) is 23.0 Å². The molecule has 0 saturated carbocycles. The molecule has 0 aliphatic heterocycles. The third-order valence-corrected chi connectivity index (χ3v) is 3.64. The molecule has 2 unspecified atom stereocenters. The number of aliphatic hydroxyl groups excluding tert-OH is 2. The second-order valence-corrected chi connectivity index (χ2v) is 5.16. The molecule has 0 bridgehead atoms. The van der Waals surface area contributed by atoms with Gasteiger partial charge in [-0.05, 0) is 0 Å². The van der Waals surface area contributed by atoms with Gasteiger partial charge in [0.05, 0.1) is 23.7 Å². The van der Waals surface area contributed by atoms with E-state index >= 15 is 0 Å². The van der Waals surface area contributed by atoms with E-state index in [1.54, 1.807) is 0 Å². The van der Waals surface area contributed by atoms with Gasteiger partial charge in [0, 0.05) is 11.5 Å². The number of aliphatic hydroxyl groups is 2. The van der Waals surface area contributed by atoms with Gasteiger partial charge in [-0.15, -0.1) is 23.5 Å². The number of thioether (sulfide) groups is 2. The van der Waals surface area contributed by atoms with Crippen LogP contribution in [0.2, 0.25) is 0 Å². The van der Waals surface area contributed by atoms with Gasteiger partial charge in [-0.25, -0.2) is 0 Å². The van der Waals surface area contributed by atoms with Crippen molar-refractivity contribution in [3.05, 3.63) is 0 Å². The summed E-state index contributed by atoms with van der Waals surface area (Å²) < 4.78 is 0. The number of amides is 2. The molecule has 0 aliphatic rings. The number of hydrogen-bond donors (Lipinski definition) is 4. The van der Waals surface area contributed by atoms with Crippen molar-refractivity contribution >= 4 is 35.3 Å². The van der Waals surface area contributed by atoms with Crippen molar-refractivity contribution in [3.63, 3.8) is 0 Å². The SMILES string of the molecule is NC(=O)CSCC(O)C(O)CSCC(N)=O. The zero-order valence-corrected chi connectivity index (χ0v) is 10.3. The molecule has 16 heavy (non-hydrogen) atoms. The lowest BCUT2D eigenvalue weighted by Gasteiger charge is -2.16. The first-order valence-corrected chi connectivity index (χ1v) is 6.82. The largest absolute Gasteiger partial charge is 0.390 e. The minimum atomic E-state index is -0.940. The van der Waals surface area contributed by atoms with E-state index in [0.29, 0.717) is 0 Å². The summed E-state index contributed by atoms with van der Waals surface area (Å²) in [5, 5.41) is 18.9. The Bertz CT molecular complexity index is 216. The minimum Gasteiger partial charge on any atom is -0.390 e. The summed E-state index contributed by atoms with van der Waals surface area (Å²) in [5.41, 5.74) is 9.82. The Balaban J connectivity index is 3.60. The van der Waals surface area contributed by atoms with E-state index in [0.717, 1.165) is 23.5 Å². The van der Waals surface area contributed by atoms with Gasteiger partial charge in [-0.2, -0.15) is 0 Å². The van der Waals surface area contributed by atoms with Crippen LogP contribution in [0.4, 0.5) is 0 Å². The van der Waals surface area contributed by atoms with Crippen molar-refractivity contribution in [1.82, 2.24) is 0 Å². The third kappa shape index (κ3) is 8.84. The second kappa shape index (κ2) is 8.68. The molecule has 94 valence electrons. The van der Waals surface area contributed by atoms with E-state index in [9.17, 15) is 19.8 Å². The van der Waals surface area contributed by atoms with Gasteiger partial charge in [0.2, 0.25) is 11.8 Å². The van der Waals surface area contributed by atoms with E-state index in [2.05, 4.69) is 0 Å². The van der Waals surface area contributed by atoms with Crippen LogP contribution in [0.1, 0.15) is 0 Å². The Labute approximate surface area is 102 Å². The lowest BCUT2D eigenvalue weighted by Crippen LogP contribution is -2.31. The molecule has 0 saturated heterocycles. The molecule has 0 aromatic rings. The average Bonchev–Trinajstić information content (AvgIpc) is 2.16. The predicted molar refractivity (Wildman–Crippen MR) is 65.1 cm³/mol. The summed E-state index contributed by atoms with van der Waals surface area (Å²) in [6.07, 6.45) is -1.88. The van der Waals surface area contributed by atoms with Crippen LogP contribution in [0.3, 0.4) is 0 Å². The highest BCUT2D eigenvalue weighted by atomic mass is 32.2. The van der Waals surface area contributed by atoms with Crippen molar-refractivity contribution in [2.24, 2.45) is 11.5 Å². The van der Waals surface area contributed by atoms with Crippen LogP contribution in [0, 0.1) is 0 Å². The van der Waals surface area contributed by atoms with Crippen molar-refractivity contribution in [2.45, 2.75) is 12.2 Å². The fraction of sp³-hybridized carbons (Fsp3) is 0.750. The van der Waals surface area contributed by atoms with Crippen LogP contribution in [-0.2, 0) is 9.59 Å². The van der Waals surface area contributed by atoms with Crippen molar-refractivity contribution < 1.29 is 19.8 Å². The van der Waals surface area contributed by atoms with E-state index in [1.807, 2.05) is 0 Å². The molecule has 0 rings (SSSR count). The molecule has 0 spiro atoms. The van der Waals surface area contributed by atoms with Gasteiger partial charge in [0.15, 0.2) is 0 Å². The fourth-order valence-electron chi connectivity index (χ4n) is 0.783. The van der Waals surface area contributed by atoms with Gasteiger partial charge >= 0.3 is 0 Å². The molecule has 0 heterocycles. The number of rotatable bonds is 9. The number of carbonyl (C=O) groups excluding carboxylic acids is 2. The van der Waals surface area contributed by atoms with Crippen LogP contribution < -0.4 is 11.5 Å². The summed E-state index contributed by atoms with van der Waals surface area (Å²) in [5.74, 6) is -0.261. The van der Waals surface area contributed by atoms with Gasteiger partial charge < -0.3 is 21.7 Å². The highest BCUT2D eigenvalue weighted by molar-refractivity contribution is 8.00. The molecular formula is C8H16N2O4S2. The van der Waals surface area contributed by atoms with Crippen LogP contribution in [0.25, 0.3) is 0 Å². The summed E-state index contributed by atoms with van der Waals surface area (Å²) in [6, 6.07) is 0. The molecule has 2 atom stereocenters. The van der Waals surface area contributed by atoms with E-state index in [4.69, 9.17) is 11.5 Å². The van der Waals surface area contributed by atoms with Crippen LogP contribution in [-0.4, -0.2) is 57.2 Å². The first-order valence-electron chi connectivity index (χ1n) is 4.51. The molecule has 0 radical (unpaired) electrons. The Hall–Kier alpha value is -0.440. The molecule has 6 N–H and O–H groups in total. The molecule has 0 aromatic heterocycles. The average molecular weight is 268 g/mol. The summed E-state index contributed by atoms with van der Waals surface area (Å²) in [7, 11) is 0. The van der Waals surface area contributed by atoms with Gasteiger partial charge in [-0.3, -0.25) is 9.59 Å². The van der Waals surface area contributed by atoms with Gasteiger partial charge in [0.1, 0.15) is 0 Å². The van der Waals surface area contributed by atoms with Crippen molar-refractivity contribution in [2.75, 3.05) is 23.0 Å². The summed E-state index contributed by atoms with van der Waals surface area (Å²) >= 11 is 2.30. The second-order valence-electron chi connectivity index (χ2n) is 3.10. The standard InChI is InChI=1S/C8H16N2O4S2/c9-7(13)3-15-1-5(11)6(12)2-16-4-8(10)14/h5-6,11-12H,1-4H2,(H2,9,13)(H2,10,14). The van der Waals surface area contributed by atoms with Crippen molar-refractivity contribution in [1.29, 1.82) is 0 Å². The Morgan fingerprint density at radius 2 is 1.25 bits per heavy atom. The smallest absolute Gasteiger partial charge is 0.227 e. The summed E-state index contributed by atoms with van der Waals surface area (Å²) in [6.45, 7) is 0. The molecule has 6 nitrogen and oxygen atoms in total. The Kier molecular flexibility index (Phi) is 8.44. The van der Waals surface area contributed by atoms with Gasteiger partial charge in [0.25, 0.3) is 0 Å². The molecule has 0 fully saturated rings. The monoisotopic (exact) mass is 268 g/mol. The van der Waals surface area contributed by atoms with Gasteiger partial charge in [-0.1, -0.05) is 0 Å². The number of hydrogen-bond acceptors (Lipinski definition) is 6. The summed E-state index contributed by atoms with van der Waals surface area (Å²) in [4.78, 5) is 20.8. The highest BCUT2D eigenvalue weighted by Crippen LogP contribution is 2.10. The highest BCUT2D eigenvalue weighted by Gasteiger charge is 2.16. The lowest BCUT2D eigenvalue weighted by atomic mass is 10.3. The third-order valence-electron chi connectivity index (χ3n) is 1.51. The zero-order valence-electron chi connectivity index (χ0n) is 8.67. The van der Waals surface area contributed by atoms with E-state index < -0.39 is 24.0 Å². The first-order chi connectivity index (χ1) is 7.43. The Morgan fingerprint density at radius 3 is 1.50 bits per heavy atom. The number of nitrogens with two attached hydrogens (primary N) is 2. The van der Waals surface area contributed by atoms with Crippen LogP contribution in [0.5, 0.6) is 0 Å². The quantitative estimate of drug-likeness (QED) is 0.388. The first kappa shape index (κ1) is 15.6. The molecule has 8 heteroatoms. The maximum absolute atomic E-state index is 10.4. The molecular weight excluding hydrogens is 252 g/mol. The van der Waals surface area contributed by atoms with Crippen LogP contribution >= 0.6 is 23.5 Å². The predicted octanol–water partition coefficient (Wildman–Crippen LogP) is -1.85. The minimum absolute atomic E-state index is 0.109. The number of primary amides is 2. The van der Waals surface area contributed by atoms with Crippen LogP contribution in [0.15, 0.2) is 0 Å².